The van der Waals surface area contributed by atoms with E-state index in [0.29, 0.717) is 12.5 Å². The summed E-state index contributed by atoms with van der Waals surface area (Å²) >= 11 is 1.57. The van der Waals surface area contributed by atoms with Crippen molar-refractivity contribution in [2.75, 3.05) is 6.54 Å². The molecule has 0 bridgehead atoms. The third kappa shape index (κ3) is 4.20. The van der Waals surface area contributed by atoms with E-state index < -0.39 is 0 Å². The van der Waals surface area contributed by atoms with E-state index in [4.69, 9.17) is 5.73 Å². The minimum Gasteiger partial charge on any atom is -0.348 e. The van der Waals surface area contributed by atoms with Gasteiger partial charge in [0.2, 0.25) is 0 Å². The van der Waals surface area contributed by atoms with Crippen LogP contribution in [0.2, 0.25) is 0 Å². The van der Waals surface area contributed by atoms with Crippen LogP contribution >= 0.6 is 23.7 Å². The summed E-state index contributed by atoms with van der Waals surface area (Å²) in [4.78, 5) is 12.2. The number of nitrogens with two attached hydrogens (primary N) is 1. The SMILES string of the molecule is Cc1cscc1C(=O)NC(CN)C1CCCCC1.Cl. The number of aryl methyl sites for hydroxylation is 1. The van der Waals surface area contributed by atoms with Crippen molar-refractivity contribution in [3.05, 3.63) is 21.9 Å². The molecule has 3 N–H and O–H groups in total. The van der Waals surface area contributed by atoms with E-state index in [2.05, 4.69) is 5.32 Å². The van der Waals surface area contributed by atoms with Gasteiger partial charge >= 0.3 is 0 Å². The zero-order chi connectivity index (χ0) is 13.0. The quantitative estimate of drug-likeness (QED) is 0.898. The van der Waals surface area contributed by atoms with Crippen LogP contribution in [0.25, 0.3) is 0 Å². The molecule has 0 spiro atoms. The number of amides is 1. The lowest BCUT2D eigenvalue weighted by molar-refractivity contribution is 0.0915. The predicted octanol–water partition coefficient (Wildman–Crippen LogP) is 3.12. The molecule has 19 heavy (non-hydrogen) atoms. The Morgan fingerprint density at radius 3 is 2.63 bits per heavy atom. The number of thiophene rings is 1. The Hall–Kier alpha value is -0.580. The lowest BCUT2D eigenvalue weighted by atomic mass is 9.84. The third-order valence-corrected chi connectivity index (χ3v) is 4.75. The number of rotatable bonds is 4. The molecule has 1 fully saturated rings. The van der Waals surface area contributed by atoms with Gasteiger partial charge in [0, 0.05) is 18.0 Å². The highest BCUT2D eigenvalue weighted by Crippen LogP contribution is 2.26. The molecule has 0 radical (unpaired) electrons. The Bertz CT molecular complexity index is 402. The fraction of sp³-hybridized carbons (Fsp3) is 0.643. The van der Waals surface area contributed by atoms with E-state index >= 15 is 0 Å². The molecule has 0 aromatic carbocycles. The minimum absolute atomic E-state index is 0. The predicted molar refractivity (Wildman–Crippen MR) is 83.2 cm³/mol. The van der Waals surface area contributed by atoms with Crippen LogP contribution in [0.5, 0.6) is 0 Å². The summed E-state index contributed by atoms with van der Waals surface area (Å²) < 4.78 is 0. The van der Waals surface area contributed by atoms with Gasteiger partial charge in [0.15, 0.2) is 0 Å². The number of carbonyl (C=O) groups excluding carboxylic acids is 1. The van der Waals surface area contributed by atoms with Gasteiger partial charge in [-0.2, -0.15) is 11.3 Å². The maximum absolute atomic E-state index is 12.2. The zero-order valence-electron chi connectivity index (χ0n) is 11.4. The maximum Gasteiger partial charge on any atom is 0.252 e. The molecular weight excluding hydrogens is 280 g/mol. The molecule has 1 atom stereocenters. The minimum atomic E-state index is 0. The van der Waals surface area contributed by atoms with Gasteiger partial charge in [-0.1, -0.05) is 19.3 Å². The second-order valence-corrected chi connectivity index (χ2v) is 5.93. The molecule has 0 aliphatic heterocycles. The van der Waals surface area contributed by atoms with Gasteiger partial charge in [0.25, 0.3) is 5.91 Å². The summed E-state index contributed by atoms with van der Waals surface area (Å²) in [6.07, 6.45) is 6.27. The summed E-state index contributed by atoms with van der Waals surface area (Å²) in [5, 5.41) is 7.05. The zero-order valence-corrected chi connectivity index (χ0v) is 13.0. The first kappa shape index (κ1) is 16.5. The van der Waals surface area contributed by atoms with Gasteiger partial charge in [0.05, 0.1) is 5.56 Å². The van der Waals surface area contributed by atoms with E-state index in [-0.39, 0.29) is 24.4 Å². The number of halogens is 1. The molecular formula is C14H23ClN2OS. The highest BCUT2D eigenvalue weighted by molar-refractivity contribution is 7.08. The Labute approximate surface area is 125 Å². The summed E-state index contributed by atoms with van der Waals surface area (Å²) in [6.45, 7) is 2.52. The van der Waals surface area contributed by atoms with E-state index in [1.54, 1.807) is 11.3 Å². The summed E-state index contributed by atoms with van der Waals surface area (Å²) in [5.41, 5.74) is 7.68. The van der Waals surface area contributed by atoms with Crippen molar-refractivity contribution in [3.63, 3.8) is 0 Å². The molecule has 5 heteroatoms. The summed E-state index contributed by atoms with van der Waals surface area (Å²) in [7, 11) is 0. The van der Waals surface area contributed by atoms with Crippen LogP contribution in [0.15, 0.2) is 10.8 Å². The van der Waals surface area contributed by atoms with Crippen LogP contribution in [0.3, 0.4) is 0 Å². The van der Waals surface area contributed by atoms with Crippen molar-refractivity contribution >= 4 is 29.7 Å². The molecule has 1 heterocycles. The average Bonchev–Trinajstić information content (AvgIpc) is 2.83. The smallest absolute Gasteiger partial charge is 0.252 e. The number of carbonyl (C=O) groups is 1. The summed E-state index contributed by atoms with van der Waals surface area (Å²) in [5.74, 6) is 0.599. The summed E-state index contributed by atoms with van der Waals surface area (Å²) in [6, 6.07) is 0.136. The largest absolute Gasteiger partial charge is 0.348 e. The highest BCUT2D eigenvalue weighted by Gasteiger charge is 2.24. The average molecular weight is 303 g/mol. The molecule has 1 unspecified atom stereocenters. The van der Waals surface area contributed by atoms with Gasteiger partial charge in [-0.25, -0.2) is 0 Å². The van der Waals surface area contributed by atoms with E-state index in [1.165, 1.54) is 32.1 Å². The molecule has 3 nitrogen and oxygen atoms in total. The maximum atomic E-state index is 12.2. The van der Waals surface area contributed by atoms with Crippen molar-refractivity contribution in [2.45, 2.75) is 45.1 Å². The fourth-order valence-electron chi connectivity index (χ4n) is 2.75. The molecule has 1 aromatic heterocycles. The van der Waals surface area contributed by atoms with E-state index in [9.17, 15) is 4.79 Å². The topological polar surface area (TPSA) is 55.1 Å². The van der Waals surface area contributed by atoms with Crippen LogP contribution in [0.1, 0.15) is 48.0 Å². The van der Waals surface area contributed by atoms with E-state index in [1.807, 2.05) is 17.7 Å². The molecule has 1 aromatic rings. The van der Waals surface area contributed by atoms with Crippen LogP contribution < -0.4 is 11.1 Å². The van der Waals surface area contributed by atoms with Crippen molar-refractivity contribution < 1.29 is 4.79 Å². The van der Waals surface area contributed by atoms with Crippen LogP contribution in [0, 0.1) is 12.8 Å². The lowest BCUT2D eigenvalue weighted by Crippen LogP contribution is -2.45. The molecule has 1 amide bonds. The van der Waals surface area contributed by atoms with Crippen molar-refractivity contribution in [3.8, 4) is 0 Å². The Kier molecular flexibility index (Phi) is 6.83. The first-order chi connectivity index (χ1) is 8.72. The van der Waals surface area contributed by atoms with Crippen molar-refractivity contribution in [1.82, 2.24) is 5.32 Å². The molecule has 2 rings (SSSR count). The number of hydrogen-bond acceptors (Lipinski definition) is 3. The van der Waals surface area contributed by atoms with Crippen LogP contribution in [0.4, 0.5) is 0 Å². The Morgan fingerprint density at radius 2 is 2.11 bits per heavy atom. The molecule has 108 valence electrons. The van der Waals surface area contributed by atoms with Crippen LogP contribution in [-0.2, 0) is 0 Å². The van der Waals surface area contributed by atoms with Crippen molar-refractivity contribution in [1.29, 1.82) is 0 Å². The second kappa shape index (κ2) is 7.88. The third-order valence-electron chi connectivity index (χ3n) is 3.89. The highest BCUT2D eigenvalue weighted by atomic mass is 35.5. The van der Waals surface area contributed by atoms with E-state index in [0.717, 1.165) is 11.1 Å². The molecule has 1 aliphatic carbocycles. The lowest BCUT2D eigenvalue weighted by Gasteiger charge is -2.30. The normalized spacial score (nSPS) is 17.6. The van der Waals surface area contributed by atoms with Gasteiger partial charge < -0.3 is 11.1 Å². The van der Waals surface area contributed by atoms with Gasteiger partial charge in [-0.3, -0.25) is 4.79 Å². The van der Waals surface area contributed by atoms with Gasteiger partial charge in [0.1, 0.15) is 0 Å². The first-order valence-electron chi connectivity index (χ1n) is 6.76. The van der Waals surface area contributed by atoms with Crippen LogP contribution in [-0.4, -0.2) is 18.5 Å². The molecule has 1 saturated carbocycles. The fourth-order valence-corrected chi connectivity index (χ4v) is 3.57. The number of nitrogens with one attached hydrogen (secondary N) is 1. The standard InChI is InChI=1S/C14H22N2OS.ClH/c1-10-8-18-9-12(10)14(17)16-13(7-15)11-5-3-2-4-6-11;/h8-9,11,13H,2-7,15H2,1H3,(H,16,17);1H. The van der Waals surface area contributed by atoms with Crippen molar-refractivity contribution in [2.24, 2.45) is 11.7 Å². The monoisotopic (exact) mass is 302 g/mol. The van der Waals surface area contributed by atoms with Gasteiger partial charge in [-0.15, -0.1) is 12.4 Å². The molecule has 0 saturated heterocycles. The Morgan fingerprint density at radius 1 is 1.42 bits per heavy atom. The van der Waals surface area contributed by atoms with Gasteiger partial charge in [-0.05, 0) is 36.6 Å². The second-order valence-electron chi connectivity index (χ2n) is 5.18. The number of hydrogen-bond donors (Lipinski definition) is 2. The first-order valence-corrected chi connectivity index (χ1v) is 7.70. The Balaban J connectivity index is 0.00000180. The molecule has 1 aliphatic rings.